The lowest BCUT2D eigenvalue weighted by Gasteiger charge is -2.18. The molecule has 0 saturated carbocycles. The van der Waals surface area contributed by atoms with Gasteiger partial charge in [-0.05, 0) is 47.2 Å². The second-order valence-electron chi connectivity index (χ2n) is 7.69. The summed E-state index contributed by atoms with van der Waals surface area (Å²) in [5, 5.41) is 24.9. The molecule has 1 aromatic heterocycles. The van der Waals surface area contributed by atoms with Gasteiger partial charge in [-0.2, -0.15) is 0 Å². The first kappa shape index (κ1) is 26.1. The van der Waals surface area contributed by atoms with Gasteiger partial charge in [0.15, 0.2) is 12.1 Å². The molecule has 0 radical (unpaired) electrons. The standard InChI is InChI=1S/C25H17ClF2N6O4/c26-18-9-10-20(34-30-13-29-33-34)17(22(18)28)8-11-21(35)32-23(14-4-2-1-3-5-14)24(36)31-15-6-7-16(25(37)38)19(27)12-15/h1-13,23H,(H,31,36)(H,32,35)(H,37,38). The molecular formula is C25H17ClF2N6O4. The number of anilines is 1. The fraction of sp³-hybridized carbons (Fsp3) is 0.0400. The van der Waals surface area contributed by atoms with Gasteiger partial charge in [-0.25, -0.2) is 13.6 Å². The summed E-state index contributed by atoms with van der Waals surface area (Å²) in [5.41, 5.74) is -0.113. The number of benzene rings is 3. The van der Waals surface area contributed by atoms with Crippen LogP contribution in [0.4, 0.5) is 14.5 Å². The van der Waals surface area contributed by atoms with Crippen LogP contribution in [0.15, 0.2) is 73.1 Å². The summed E-state index contributed by atoms with van der Waals surface area (Å²) in [6.07, 6.45) is 3.30. The van der Waals surface area contributed by atoms with E-state index in [1.165, 1.54) is 18.2 Å². The van der Waals surface area contributed by atoms with Crippen LogP contribution in [0.1, 0.15) is 27.5 Å². The molecule has 0 aliphatic rings. The van der Waals surface area contributed by atoms with Gasteiger partial charge in [-0.3, -0.25) is 9.59 Å². The number of aromatic carboxylic acids is 1. The van der Waals surface area contributed by atoms with E-state index in [-0.39, 0.29) is 22.0 Å². The molecule has 0 bridgehead atoms. The molecule has 0 saturated heterocycles. The molecule has 1 heterocycles. The Morgan fingerprint density at radius 1 is 1.05 bits per heavy atom. The lowest BCUT2D eigenvalue weighted by atomic mass is 10.1. The minimum Gasteiger partial charge on any atom is -0.478 e. The molecule has 0 aliphatic carbocycles. The zero-order valence-corrected chi connectivity index (χ0v) is 19.9. The average Bonchev–Trinajstić information content (AvgIpc) is 3.43. The van der Waals surface area contributed by atoms with Crippen LogP contribution in [-0.4, -0.2) is 43.1 Å². The Hall–Kier alpha value is -4.97. The minimum atomic E-state index is -1.46. The van der Waals surface area contributed by atoms with Gasteiger partial charge in [0.05, 0.1) is 16.3 Å². The van der Waals surface area contributed by atoms with Gasteiger partial charge in [-0.15, -0.1) is 15.0 Å². The number of aromatic nitrogens is 4. The number of halogens is 3. The van der Waals surface area contributed by atoms with Crippen LogP contribution >= 0.6 is 11.6 Å². The van der Waals surface area contributed by atoms with Gasteiger partial charge < -0.3 is 15.7 Å². The quantitative estimate of drug-likeness (QED) is 0.290. The Morgan fingerprint density at radius 2 is 1.82 bits per heavy atom. The number of carboxylic acids is 1. The molecule has 13 heteroatoms. The molecule has 38 heavy (non-hydrogen) atoms. The van der Waals surface area contributed by atoms with Crippen molar-refractivity contribution in [2.45, 2.75) is 6.04 Å². The SMILES string of the molecule is O=C(C=Cc1c(-n2ncnn2)ccc(Cl)c1F)NC(C(=O)Nc1ccc(C(=O)O)c(F)c1)c1ccccc1. The number of carboxylic acid groups (broad SMARTS) is 1. The van der Waals surface area contributed by atoms with Crippen LogP contribution in [-0.2, 0) is 9.59 Å². The van der Waals surface area contributed by atoms with E-state index in [2.05, 4.69) is 26.0 Å². The fourth-order valence-electron chi connectivity index (χ4n) is 3.44. The second-order valence-corrected chi connectivity index (χ2v) is 8.10. The number of hydrogen-bond donors (Lipinski definition) is 3. The predicted molar refractivity (Wildman–Crippen MR) is 132 cm³/mol. The predicted octanol–water partition coefficient (Wildman–Crippen LogP) is 3.80. The van der Waals surface area contributed by atoms with Gasteiger partial charge in [0.1, 0.15) is 11.9 Å². The first-order valence-corrected chi connectivity index (χ1v) is 11.2. The molecule has 4 rings (SSSR count). The van der Waals surface area contributed by atoms with E-state index in [4.69, 9.17) is 16.7 Å². The summed E-state index contributed by atoms with van der Waals surface area (Å²) in [4.78, 5) is 38.0. The minimum absolute atomic E-state index is 0.0193. The molecule has 0 aliphatic heterocycles. The van der Waals surface area contributed by atoms with Crippen molar-refractivity contribution in [3.63, 3.8) is 0 Å². The molecule has 4 aromatic rings. The third-order valence-corrected chi connectivity index (χ3v) is 5.52. The van der Waals surface area contributed by atoms with Gasteiger partial charge >= 0.3 is 5.97 Å². The van der Waals surface area contributed by atoms with Crippen molar-refractivity contribution >= 4 is 41.1 Å². The maximum atomic E-state index is 14.8. The zero-order chi connectivity index (χ0) is 27.2. The van der Waals surface area contributed by atoms with Crippen LogP contribution in [0.3, 0.4) is 0 Å². The number of nitrogens with zero attached hydrogens (tertiary/aromatic N) is 4. The van der Waals surface area contributed by atoms with Gasteiger partial charge in [-0.1, -0.05) is 41.9 Å². The Labute approximate surface area is 218 Å². The first-order chi connectivity index (χ1) is 18.2. The van der Waals surface area contributed by atoms with E-state index in [0.29, 0.717) is 5.56 Å². The van der Waals surface area contributed by atoms with Crippen LogP contribution < -0.4 is 10.6 Å². The van der Waals surface area contributed by atoms with E-state index in [1.54, 1.807) is 30.3 Å². The molecule has 2 amide bonds. The third-order valence-electron chi connectivity index (χ3n) is 5.22. The highest BCUT2D eigenvalue weighted by Crippen LogP contribution is 2.25. The van der Waals surface area contributed by atoms with Crippen molar-refractivity contribution in [2.75, 3.05) is 5.32 Å². The molecule has 192 valence electrons. The van der Waals surface area contributed by atoms with E-state index in [0.717, 1.165) is 35.4 Å². The number of carbonyl (C=O) groups is 3. The third kappa shape index (κ3) is 5.87. The van der Waals surface area contributed by atoms with E-state index in [9.17, 15) is 23.2 Å². The molecule has 10 nitrogen and oxygen atoms in total. The highest BCUT2D eigenvalue weighted by Gasteiger charge is 2.23. The largest absolute Gasteiger partial charge is 0.478 e. The number of tetrazole rings is 1. The summed E-state index contributed by atoms with van der Waals surface area (Å²) >= 11 is 5.90. The Kier molecular flexibility index (Phi) is 7.83. The van der Waals surface area contributed by atoms with Crippen molar-refractivity contribution in [3.8, 4) is 5.69 Å². The molecule has 3 N–H and O–H groups in total. The van der Waals surface area contributed by atoms with Gasteiger partial charge in [0, 0.05) is 17.3 Å². The molecule has 1 unspecified atom stereocenters. The first-order valence-electron chi connectivity index (χ1n) is 10.8. The molecule has 0 spiro atoms. The molecule has 1 atom stereocenters. The van der Waals surface area contributed by atoms with Crippen LogP contribution in [0.2, 0.25) is 5.02 Å². The lowest BCUT2D eigenvalue weighted by Crippen LogP contribution is -2.36. The van der Waals surface area contributed by atoms with E-state index in [1.807, 2.05) is 0 Å². The summed E-state index contributed by atoms with van der Waals surface area (Å²) in [5.74, 6) is -4.82. The number of hydrogen-bond acceptors (Lipinski definition) is 6. The van der Waals surface area contributed by atoms with E-state index >= 15 is 0 Å². The van der Waals surface area contributed by atoms with Crippen LogP contribution in [0, 0.1) is 11.6 Å². The van der Waals surface area contributed by atoms with Crippen LogP contribution in [0.25, 0.3) is 11.8 Å². The Balaban J connectivity index is 1.58. The summed E-state index contributed by atoms with van der Waals surface area (Å²) in [6, 6.07) is 12.8. The summed E-state index contributed by atoms with van der Waals surface area (Å²) in [6.45, 7) is 0. The average molecular weight is 539 g/mol. The topological polar surface area (TPSA) is 139 Å². The van der Waals surface area contributed by atoms with Crippen molar-refractivity contribution in [1.82, 2.24) is 25.5 Å². The number of amides is 2. The second kappa shape index (κ2) is 11.4. The van der Waals surface area contributed by atoms with Crippen LogP contribution in [0.5, 0.6) is 0 Å². The molecular weight excluding hydrogens is 522 g/mol. The van der Waals surface area contributed by atoms with Crippen molar-refractivity contribution in [1.29, 1.82) is 0 Å². The zero-order valence-electron chi connectivity index (χ0n) is 19.2. The molecule has 3 aromatic carbocycles. The van der Waals surface area contributed by atoms with Crippen molar-refractivity contribution in [2.24, 2.45) is 0 Å². The highest BCUT2D eigenvalue weighted by molar-refractivity contribution is 6.31. The number of rotatable bonds is 8. The van der Waals surface area contributed by atoms with Crippen molar-refractivity contribution < 1.29 is 28.3 Å². The molecule has 0 fully saturated rings. The van der Waals surface area contributed by atoms with Gasteiger partial charge in [0.2, 0.25) is 5.91 Å². The maximum absolute atomic E-state index is 14.8. The number of carbonyl (C=O) groups excluding carboxylic acids is 2. The summed E-state index contributed by atoms with van der Waals surface area (Å²) < 4.78 is 28.9. The fourth-order valence-corrected chi connectivity index (χ4v) is 3.61. The summed E-state index contributed by atoms with van der Waals surface area (Å²) in [7, 11) is 0. The Bertz CT molecular complexity index is 1530. The van der Waals surface area contributed by atoms with Crippen molar-refractivity contribution in [3.05, 3.63) is 106 Å². The Morgan fingerprint density at radius 3 is 2.47 bits per heavy atom. The normalized spacial score (nSPS) is 11.8. The highest BCUT2D eigenvalue weighted by atomic mass is 35.5. The van der Waals surface area contributed by atoms with Gasteiger partial charge in [0.25, 0.3) is 5.91 Å². The number of nitrogens with one attached hydrogen (secondary N) is 2. The smallest absolute Gasteiger partial charge is 0.338 e. The monoisotopic (exact) mass is 538 g/mol. The lowest BCUT2D eigenvalue weighted by molar-refractivity contribution is -0.123. The van der Waals surface area contributed by atoms with E-state index < -0.39 is 41.0 Å². The maximum Gasteiger partial charge on any atom is 0.338 e.